The molecule has 0 bridgehead atoms. The minimum absolute atomic E-state index is 0.0686. The van der Waals surface area contributed by atoms with Crippen LogP contribution >= 0.6 is 0 Å². The van der Waals surface area contributed by atoms with Gasteiger partial charge >= 0.3 is 0 Å². The second-order valence-electron chi connectivity index (χ2n) is 6.87. The van der Waals surface area contributed by atoms with Gasteiger partial charge in [-0.2, -0.15) is 0 Å². The molecular formula is C19H22N4O3. The summed E-state index contributed by atoms with van der Waals surface area (Å²) in [6, 6.07) is 3.76. The molecule has 4 heterocycles. The van der Waals surface area contributed by atoms with Crippen molar-refractivity contribution in [2.45, 2.75) is 19.4 Å². The molecule has 7 nitrogen and oxygen atoms in total. The van der Waals surface area contributed by atoms with Gasteiger partial charge in [-0.3, -0.25) is 14.8 Å². The predicted octanol–water partition coefficient (Wildman–Crippen LogP) is 1.74. The number of carbonyl (C=O) groups excluding carboxylic acids is 1. The van der Waals surface area contributed by atoms with Crippen molar-refractivity contribution in [3.63, 3.8) is 0 Å². The fourth-order valence-corrected chi connectivity index (χ4v) is 3.69. The monoisotopic (exact) mass is 354 g/mol. The number of amides is 1. The molecular weight excluding hydrogens is 332 g/mol. The van der Waals surface area contributed by atoms with E-state index in [0.717, 1.165) is 24.5 Å². The van der Waals surface area contributed by atoms with Crippen LogP contribution in [0.3, 0.4) is 0 Å². The topological polar surface area (TPSA) is 77.4 Å². The van der Waals surface area contributed by atoms with Crippen molar-refractivity contribution in [2.24, 2.45) is 11.8 Å². The number of ether oxygens (including phenoxy) is 2. The number of aryl methyl sites for hydroxylation is 1. The smallest absolute Gasteiger partial charge is 0.274 e. The van der Waals surface area contributed by atoms with Gasteiger partial charge < -0.3 is 14.4 Å². The van der Waals surface area contributed by atoms with Crippen LogP contribution in [0.25, 0.3) is 0 Å². The molecule has 4 rings (SSSR count). The zero-order chi connectivity index (χ0) is 17.9. The molecule has 0 unspecified atom stereocenters. The predicted molar refractivity (Wildman–Crippen MR) is 93.7 cm³/mol. The molecule has 136 valence electrons. The van der Waals surface area contributed by atoms with E-state index in [1.54, 1.807) is 24.8 Å². The Morgan fingerprint density at radius 1 is 1.31 bits per heavy atom. The van der Waals surface area contributed by atoms with Crippen LogP contribution in [0, 0.1) is 18.8 Å². The van der Waals surface area contributed by atoms with E-state index in [1.165, 1.54) is 0 Å². The lowest BCUT2D eigenvalue weighted by Crippen LogP contribution is -2.32. The number of hydrogen-bond donors (Lipinski definition) is 0. The number of carbonyl (C=O) groups is 1. The van der Waals surface area contributed by atoms with Gasteiger partial charge in [0, 0.05) is 31.4 Å². The van der Waals surface area contributed by atoms with E-state index in [9.17, 15) is 4.79 Å². The van der Waals surface area contributed by atoms with E-state index in [1.807, 2.05) is 24.0 Å². The molecule has 0 saturated carbocycles. The fraction of sp³-hybridized carbons (Fsp3) is 0.474. The SMILES string of the molecule is Cc1cnc(C(=O)N2C[C@H]3[C@@H](CCOc4cccnc4)CO[C@H]3C2)cn1. The van der Waals surface area contributed by atoms with Gasteiger partial charge in [0.15, 0.2) is 0 Å². The van der Waals surface area contributed by atoms with Crippen LogP contribution in [0.2, 0.25) is 0 Å². The number of nitrogens with zero attached hydrogens (tertiary/aromatic N) is 4. The Kier molecular flexibility index (Phi) is 4.79. The normalized spacial score (nSPS) is 24.5. The zero-order valence-electron chi connectivity index (χ0n) is 14.7. The quantitative estimate of drug-likeness (QED) is 0.814. The Morgan fingerprint density at radius 3 is 3.00 bits per heavy atom. The van der Waals surface area contributed by atoms with Crippen molar-refractivity contribution < 1.29 is 14.3 Å². The van der Waals surface area contributed by atoms with E-state index in [-0.39, 0.29) is 12.0 Å². The largest absolute Gasteiger partial charge is 0.492 e. The molecule has 1 amide bonds. The van der Waals surface area contributed by atoms with Crippen LogP contribution in [0.1, 0.15) is 22.6 Å². The van der Waals surface area contributed by atoms with Crippen LogP contribution in [0.4, 0.5) is 0 Å². The second kappa shape index (κ2) is 7.37. The van der Waals surface area contributed by atoms with Crippen molar-refractivity contribution >= 4 is 5.91 Å². The molecule has 3 atom stereocenters. The first-order chi connectivity index (χ1) is 12.7. The highest BCUT2D eigenvalue weighted by Crippen LogP contribution is 2.36. The Hall–Kier alpha value is -2.54. The molecule has 2 aromatic rings. The Bertz CT molecular complexity index is 753. The first kappa shape index (κ1) is 16.9. The second-order valence-corrected chi connectivity index (χ2v) is 6.87. The molecule has 2 aliphatic heterocycles. The molecule has 7 heteroatoms. The molecule has 0 N–H and O–H groups in total. The van der Waals surface area contributed by atoms with Gasteiger partial charge in [0.05, 0.1) is 37.4 Å². The van der Waals surface area contributed by atoms with E-state index in [4.69, 9.17) is 9.47 Å². The molecule has 2 saturated heterocycles. The number of aromatic nitrogens is 3. The third kappa shape index (κ3) is 3.53. The Labute approximate surface area is 152 Å². The van der Waals surface area contributed by atoms with Crippen LogP contribution in [0.5, 0.6) is 5.75 Å². The summed E-state index contributed by atoms with van der Waals surface area (Å²) in [4.78, 5) is 26.9. The van der Waals surface area contributed by atoms with E-state index >= 15 is 0 Å². The maximum absolute atomic E-state index is 12.6. The zero-order valence-corrected chi connectivity index (χ0v) is 14.7. The van der Waals surface area contributed by atoms with Gasteiger partial charge in [-0.1, -0.05) is 0 Å². The van der Waals surface area contributed by atoms with Crippen LogP contribution in [-0.4, -0.2) is 58.2 Å². The van der Waals surface area contributed by atoms with Crippen LogP contribution in [0.15, 0.2) is 36.9 Å². The summed E-state index contributed by atoms with van der Waals surface area (Å²) in [6.45, 7) is 4.54. The fourth-order valence-electron chi connectivity index (χ4n) is 3.69. The maximum Gasteiger partial charge on any atom is 0.274 e. The number of hydrogen-bond acceptors (Lipinski definition) is 6. The van der Waals surface area contributed by atoms with Crippen molar-refractivity contribution in [3.8, 4) is 5.75 Å². The molecule has 0 spiro atoms. The summed E-state index contributed by atoms with van der Waals surface area (Å²) in [5.74, 6) is 1.47. The summed E-state index contributed by atoms with van der Waals surface area (Å²) in [6.07, 6.45) is 7.63. The van der Waals surface area contributed by atoms with Gasteiger partial charge in [-0.15, -0.1) is 0 Å². The number of fused-ring (bicyclic) bond motifs is 1. The third-order valence-electron chi connectivity index (χ3n) is 5.12. The lowest BCUT2D eigenvalue weighted by Gasteiger charge is -2.19. The van der Waals surface area contributed by atoms with Crippen molar-refractivity contribution in [3.05, 3.63) is 48.3 Å². The maximum atomic E-state index is 12.6. The van der Waals surface area contributed by atoms with Gasteiger partial charge in [0.25, 0.3) is 5.91 Å². The Balaban J connectivity index is 1.32. The van der Waals surface area contributed by atoms with E-state index in [2.05, 4.69) is 15.0 Å². The minimum atomic E-state index is -0.0686. The summed E-state index contributed by atoms with van der Waals surface area (Å²) in [5, 5.41) is 0. The summed E-state index contributed by atoms with van der Waals surface area (Å²) < 4.78 is 11.7. The van der Waals surface area contributed by atoms with Crippen molar-refractivity contribution in [1.29, 1.82) is 0 Å². The molecule has 2 aliphatic rings. The number of pyridine rings is 1. The van der Waals surface area contributed by atoms with Gasteiger partial charge in [0.2, 0.25) is 0 Å². The molecule has 0 aromatic carbocycles. The molecule has 2 aromatic heterocycles. The Morgan fingerprint density at radius 2 is 2.23 bits per heavy atom. The van der Waals surface area contributed by atoms with E-state index < -0.39 is 0 Å². The first-order valence-corrected chi connectivity index (χ1v) is 8.93. The highest BCUT2D eigenvalue weighted by molar-refractivity contribution is 5.92. The number of rotatable bonds is 5. The van der Waals surface area contributed by atoms with Crippen LogP contribution in [-0.2, 0) is 4.74 Å². The average Bonchev–Trinajstić information content (AvgIpc) is 3.24. The highest BCUT2D eigenvalue weighted by atomic mass is 16.5. The molecule has 26 heavy (non-hydrogen) atoms. The summed E-state index contributed by atoms with van der Waals surface area (Å²) in [7, 11) is 0. The first-order valence-electron chi connectivity index (χ1n) is 8.93. The molecule has 0 radical (unpaired) electrons. The van der Waals surface area contributed by atoms with Gasteiger partial charge in [0.1, 0.15) is 11.4 Å². The average molecular weight is 354 g/mol. The lowest BCUT2D eigenvalue weighted by atomic mass is 9.91. The molecule has 2 fully saturated rings. The lowest BCUT2D eigenvalue weighted by molar-refractivity contribution is 0.0667. The third-order valence-corrected chi connectivity index (χ3v) is 5.12. The van der Waals surface area contributed by atoms with Gasteiger partial charge in [-0.05, 0) is 31.4 Å². The molecule has 0 aliphatic carbocycles. The van der Waals surface area contributed by atoms with Crippen LogP contribution < -0.4 is 4.74 Å². The standard InChI is InChI=1S/C19H22N4O3/c1-13-7-22-17(9-21-13)19(24)23-10-16-14(12-26-18(16)11-23)4-6-25-15-3-2-5-20-8-15/h2-3,5,7-9,14,16,18H,4,6,10-12H2,1H3/t14-,16-,18-/m0/s1. The number of likely N-dealkylation sites (tertiary alicyclic amines) is 1. The highest BCUT2D eigenvalue weighted by Gasteiger charge is 2.45. The van der Waals surface area contributed by atoms with E-state index in [0.29, 0.717) is 37.2 Å². The summed E-state index contributed by atoms with van der Waals surface area (Å²) in [5.41, 5.74) is 1.20. The van der Waals surface area contributed by atoms with Crippen molar-refractivity contribution in [2.75, 3.05) is 26.3 Å². The van der Waals surface area contributed by atoms with Gasteiger partial charge in [-0.25, -0.2) is 4.98 Å². The van der Waals surface area contributed by atoms with Crippen molar-refractivity contribution in [1.82, 2.24) is 19.9 Å². The summed E-state index contributed by atoms with van der Waals surface area (Å²) >= 11 is 0. The minimum Gasteiger partial charge on any atom is -0.492 e.